The highest BCUT2D eigenvalue weighted by Gasteiger charge is 2.16. The molecule has 33 heavy (non-hydrogen) atoms. The third-order valence-corrected chi connectivity index (χ3v) is 5.99. The molecule has 0 aliphatic rings. The lowest BCUT2D eigenvalue weighted by molar-refractivity contribution is -0.384. The number of ether oxygens (including phenoxy) is 1. The molecule has 0 radical (unpaired) electrons. The van der Waals surface area contributed by atoms with Crippen LogP contribution in [0.5, 0.6) is 11.5 Å². The Kier molecular flexibility index (Phi) is 8.30. The zero-order valence-corrected chi connectivity index (χ0v) is 21.1. The summed E-state index contributed by atoms with van der Waals surface area (Å²) >= 11 is 19.0. The summed E-state index contributed by atoms with van der Waals surface area (Å²) in [5, 5.41) is 25.5. The van der Waals surface area contributed by atoms with Crippen molar-refractivity contribution in [1.29, 1.82) is 0 Å². The van der Waals surface area contributed by atoms with E-state index in [1.807, 2.05) is 0 Å². The summed E-state index contributed by atoms with van der Waals surface area (Å²) in [5.74, 6) is -0.671. The van der Waals surface area contributed by atoms with Crippen molar-refractivity contribution in [3.8, 4) is 11.5 Å². The Bertz CT molecular complexity index is 1250. The molecule has 8 nitrogen and oxygen atoms in total. The zero-order valence-electron chi connectivity index (χ0n) is 16.4. The van der Waals surface area contributed by atoms with Crippen LogP contribution in [-0.2, 0) is 6.61 Å². The van der Waals surface area contributed by atoms with Gasteiger partial charge in [0.1, 0.15) is 18.1 Å². The fourth-order valence-corrected chi connectivity index (χ4v) is 4.54. The van der Waals surface area contributed by atoms with Gasteiger partial charge in [0.05, 0.1) is 25.6 Å². The molecule has 2 N–H and O–H groups in total. The molecule has 1 amide bonds. The van der Waals surface area contributed by atoms with E-state index in [0.29, 0.717) is 30.3 Å². The molecule has 3 rings (SSSR count). The summed E-state index contributed by atoms with van der Waals surface area (Å²) in [4.78, 5) is 22.4. The van der Waals surface area contributed by atoms with Crippen molar-refractivity contribution in [2.24, 2.45) is 5.10 Å². The van der Waals surface area contributed by atoms with E-state index < -0.39 is 16.6 Å². The van der Waals surface area contributed by atoms with Gasteiger partial charge in [0.25, 0.3) is 11.6 Å². The number of halogens is 4. The molecule has 0 aliphatic carbocycles. The minimum absolute atomic E-state index is 0.212. The van der Waals surface area contributed by atoms with Gasteiger partial charge in [-0.2, -0.15) is 5.10 Å². The Balaban J connectivity index is 1.69. The number of nitrogens with one attached hydrogen (secondary N) is 1. The summed E-state index contributed by atoms with van der Waals surface area (Å²) in [6.07, 6.45) is 1.36. The number of hydrogen-bond acceptors (Lipinski definition) is 6. The first-order valence-corrected chi connectivity index (χ1v) is 11.4. The number of carbonyl (C=O) groups excluding carboxylic acids is 1. The average molecular weight is 618 g/mol. The van der Waals surface area contributed by atoms with Crippen molar-refractivity contribution in [1.82, 2.24) is 5.43 Å². The summed E-state index contributed by atoms with van der Waals surface area (Å²) in [6.45, 7) is 0.212. The van der Waals surface area contributed by atoms with Gasteiger partial charge in [0, 0.05) is 27.7 Å². The average Bonchev–Trinajstić information content (AvgIpc) is 2.74. The van der Waals surface area contributed by atoms with E-state index in [0.717, 1.165) is 23.8 Å². The summed E-state index contributed by atoms with van der Waals surface area (Å²) < 4.78 is 7.09. The maximum Gasteiger partial charge on any atom is 0.275 e. The van der Waals surface area contributed by atoms with Crippen molar-refractivity contribution in [3.05, 3.63) is 94.3 Å². The van der Waals surface area contributed by atoms with Crippen LogP contribution in [0.15, 0.2) is 62.6 Å². The first kappa shape index (κ1) is 25.0. The molecule has 0 aromatic heterocycles. The normalized spacial score (nSPS) is 10.9. The molecular weight excluding hydrogens is 605 g/mol. The number of phenolic OH excluding ortho intramolecular Hbond substituents is 1. The van der Waals surface area contributed by atoms with Crippen LogP contribution in [0.1, 0.15) is 21.5 Å². The molecular formula is C21H13Br2Cl2N3O5. The van der Waals surface area contributed by atoms with Gasteiger partial charge >= 0.3 is 0 Å². The van der Waals surface area contributed by atoms with Crippen LogP contribution in [-0.4, -0.2) is 22.2 Å². The number of aromatic hydroxyl groups is 1. The molecule has 0 saturated heterocycles. The van der Waals surface area contributed by atoms with E-state index in [-0.39, 0.29) is 17.9 Å². The summed E-state index contributed by atoms with van der Waals surface area (Å²) in [5.41, 5.74) is 2.99. The molecule has 0 saturated carbocycles. The molecule has 3 aromatic carbocycles. The monoisotopic (exact) mass is 615 g/mol. The van der Waals surface area contributed by atoms with E-state index in [1.54, 1.807) is 30.3 Å². The second-order valence-electron chi connectivity index (χ2n) is 6.50. The standard InChI is InChI=1S/C21H13Br2Cl2N3O5/c22-16-5-11(6-17(23)20(16)33-10-12-1-2-13(24)7-18(12)25)9-26-27-21(30)15-8-14(28(31)32)3-4-19(15)29/h1-9,29H,10H2,(H,27,30)/b26-9+. The Morgan fingerprint density at radius 1 is 1.15 bits per heavy atom. The largest absolute Gasteiger partial charge is 0.507 e. The maximum absolute atomic E-state index is 12.2. The lowest BCUT2D eigenvalue weighted by Gasteiger charge is -2.12. The van der Waals surface area contributed by atoms with Crippen LogP contribution in [0, 0.1) is 10.1 Å². The van der Waals surface area contributed by atoms with Gasteiger partial charge < -0.3 is 9.84 Å². The lowest BCUT2D eigenvalue weighted by Crippen LogP contribution is -2.18. The number of non-ortho nitro benzene ring substituents is 1. The second-order valence-corrected chi connectivity index (χ2v) is 9.05. The van der Waals surface area contributed by atoms with Gasteiger partial charge in [-0.3, -0.25) is 14.9 Å². The molecule has 0 aliphatic heterocycles. The lowest BCUT2D eigenvalue weighted by atomic mass is 10.1. The SMILES string of the molecule is O=C(N/N=C/c1cc(Br)c(OCc2ccc(Cl)cc2Cl)c(Br)c1)c1cc([N+](=O)[O-])ccc1O. The number of hydrazone groups is 1. The quantitative estimate of drug-likeness (QED) is 0.179. The highest BCUT2D eigenvalue weighted by Crippen LogP contribution is 2.35. The molecule has 3 aromatic rings. The number of nitro benzene ring substituents is 1. The van der Waals surface area contributed by atoms with Gasteiger partial charge in [-0.05, 0) is 67.8 Å². The highest BCUT2D eigenvalue weighted by molar-refractivity contribution is 9.11. The number of carbonyl (C=O) groups is 1. The Labute approximate surface area is 214 Å². The first-order valence-electron chi connectivity index (χ1n) is 9.02. The van der Waals surface area contributed by atoms with Crippen LogP contribution < -0.4 is 10.2 Å². The Morgan fingerprint density at radius 3 is 2.48 bits per heavy atom. The minimum Gasteiger partial charge on any atom is -0.507 e. The highest BCUT2D eigenvalue weighted by atomic mass is 79.9. The van der Waals surface area contributed by atoms with E-state index >= 15 is 0 Å². The van der Waals surface area contributed by atoms with Gasteiger partial charge in [-0.1, -0.05) is 29.3 Å². The van der Waals surface area contributed by atoms with Crippen molar-refractivity contribution in [3.63, 3.8) is 0 Å². The third-order valence-electron chi connectivity index (χ3n) is 4.22. The molecule has 0 fully saturated rings. The molecule has 0 atom stereocenters. The molecule has 12 heteroatoms. The van der Waals surface area contributed by atoms with Crippen LogP contribution in [0.4, 0.5) is 5.69 Å². The number of nitrogens with zero attached hydrogens (tertiary/aromatic N) is 2. The molecule has 0 heterocycles. The fourth-order valence-electron chi connectivity index (χ4n) is 2.63. The van der Waals surface area contributed by atoms with Crippen LogP contribution in [0.25, 0.3) is 0 Å². The van der Waals surface area contributed by atoms with E-state index in [1.165, 1.54) is 6.21 Å². The Hall–Kier alpha value is -2.66. The number of benzene rings is 3. The van der Waals surface area contributed by atoms with Gasteiger partial charge in [0.2, 0.25) is 0 Å². The van der Waals surface area contributed by atoms with Crippen LogP contribution in [0.2, 0.25) is 10.0 Å². The van der Waals surface area contributed by atoms with Crippen molar-refractivity contribution in [2.75, 3.05) is 0 Å². The zero-order chi connectivity index (χ0) is 24.1. The van der Waals surface area contributed by atoms with E-state index in [4.69, 9.17) is 27.9 Å². The topological polar surface area (TPSA) is 114 Å². The molecule has 0 bridgehead atoms. The third kappa shape index (κ3) is 6.44. The first-order chi connectivity index (χ1) is 15.7. The van der Waals surface area contributed by atoms with Crippen LogP contribution >= 0.6 is 55.1 Å². The number of amides is 1. The van der Waals surface area contributed by atoms with Crippen LogP contribution in [0.3, 0.4) is 0 Å². The summed E-state index contributed by atoms with van der Waals surface area (Å²) in [7, 11) is 0. The Morgan fingerprint density at radius 2 is 1.85 bits per heavy atom. The molecule has 0 unspecified atom stereocenters. The predicted octanol–water partition coefficient (Wildman–Crippen LogP) is 6.48. The maximum atomic E-state index is 12.2. The van der Waals surface area contributed by atoms with Crippen molar-refractivity contribution >= 4 is 72.9 Å². The van der Waals surface area contributed by atoms with Crippen molar-refractivity contribution in [2.45, 2.75) is 6.61 Å². The molecule has 170 valence electrons. The van der Waals surface area contributed by atoms with Gasteiger partial charge in [-0.25, -0.2) is 5.43 Å². The smallest absolute Gasteiger partial charge is 0.275 e. The number of rotatable bonds is 7. The number of phenols is 1. The van der Waals surface area contributed by atoms with Crippen molar-refractivity contribution < 1.29 is 19.6 Å². The predicted molar refractivity (Wildman–Crippen MR) is 132 cm³/mol. The number of hydrogen-bond donors (Lipinski definition) is 2. The van der Waals surface area contributed by atoms with E-state index in [9.17, 15) is 20.0 Å². The van der Waals surface area contributed by atoms with E-state index in [2.05, 4.69) is 42.4 Å². The number of nitro groups is 1. The van der Waals surface area contributed by atoms with Gasteiger partial charge in [0.15, 0.2) is 0 Å². The van der Waals surface area contributed by atoms with Gasteiger partial charge in [-0.15, -0.1) is 0 Å². The summed E-state index contributed by atoms with van der Waals surface area (Å²) in [6, 6.07) is 11.7. The minimum atomic E-state index is -0.801. The second kappa shape index (κ2) is 11.0. The molecule has 0 spiro atoms. The fraction of sp³-hybridized carbons (Fsp3) is 0.0476.